The van der Waals surface area contributed by atoms with Gasteiger partial charge in [-0.05, 0) is 25.7 Å². The van der Waals surface area contributed by atoms with Crippen LogP contribution in [0.1, 0.15) is 25.7 Å². The van der Waals surface area contributed by atoms with Crippen LogP contribution in [0.3, 0.4) is 0 Å². The third-order valence-corrected chi connectivity index (χ3v) is 3.15. The number of nitrogens with zero attached hydrogens (tertiary/aromatic N) is 1. The Labute approximate surface area is 81.0 Å². The summed E-state index contributed by atoms with van der Waals surface area (Å²) in [4.78, 5) is 2.66. The molecule has 1 saturated heterocycles. The second-order valence-electron chi connectivity index (χ2n) is 4.08. The van der Waals surface area contributed by atoms with Crippen LogP contribution in [0.25, 0.3) is 0 Å². The van der Waals surface area contributed by atoms with Crippen molar-refractivity contribution in [2.45, 2.75) is 31.7 Å². The van der Waals surface area contributed by atoms with Crippen molar-refractivity contribution < 1.29 is 0 Å². The van der Waals surface area contributed by atoms with Crippen LogP contribution < -0.4 is 5.32 Å². The van der Waals surface area contributed by atoms with Gasteiger partial charge in [0.25, 0.3) is 0 Å². The Morgan fingerprint density at radius 3 is 2.85 bits per heavy atom. The van der Waals surface area contributed by atoms with Gasteiger partial charge in [-0.25, -0.2) is 0 Å². The molecule has 0 amide bonds. The van der Waals surface area contributed by atoms with Crippen LogP contribution >= 0.6 is 0 Å². The van der Waals surface area contributed by atoms with Crippen LogP contribution in [-0.4, -0.2) is 37.1 Å². The predicted octanol–water partition coefficient (Wildman–Crippen LogP) is 1.39. The summed E-state index contributed by atoms with van der Waals surface area (Å²) in [6.45, 7) is 4.86. The number of hydrogen-bond donors (Lipinski definition) is 1. The number of piperazine rings is 1. The lowest BCUT2D eigenvalue weighted by Gasteiger charge is -2.34. The summed E-state index contributed by atoms with van der Waals surface area (Å²) in [6, 6.07) is 0.834. The number of allylic oxidation sites excluding steroid dienone is 1. The first-order valence-electron chi connectivity index (χ1n) is 5.56. The van der Waals surface area contributed by atoms with E-state index < -0.39 is 0 Å². The van der Waals surface area contributed by atoms with Crippen molar-refractivity contribution in [3.05, 3.63) is 12.2 Å². The van der Waals surface area contributed by atoms with E-state index in [-0.39, 0.29) is 0 Å². The fourth-order valence-electron chi connectivity index (χ4n) is 2.34. The van der Waals surface area contributed by atoms with Gasteiger partial charge in [-0.15, -0.1) is 0 Å². The highest BCUT2D eigenvalue weighted by Gasteiger charge is 2.19. The van der Waals surface area contributed by atoms with Gasteiger partial charge in [0.2, 0.25) is 0 Å². The molecule has 0 saturated carbocycles. The van der Waals surface area contributed by atoms with Crippen molar-refractivity contribution in [2.75, 3.05) is 26.2 Å². The van der Waals surface area contributed by atoms with Crippen LogP contribution in [0.5, 0.6) is 0 Å². The highest BCUT2D eigenvalue weighted by Crippen LogP contribution is 2.17. The maximum Gasteiger partial charge on any atom is 0.0131 e. The van der Waals surface area contributed by atoms with E-state index >= 15 is 0 Å². The van der Waals surface area contributed by atoms with Gasteiger partial charge in [0, 0.05) is 32.2 Å². The average molecular weight is 180 g/mol. The molecule has 1 unspecified atom stereocenters. The summed E-state index contributed by atoms with van der Waals surface area (Å²) in [6.07, 6.45) is 10.1. The molecule has 1 aliphatic heterocycles. The molecule has 74 valence electrons. The molecule has 0 radical (unpaired) electrons. The van der Waals surface area contributed by atoms with E-state index in [1.807, 2.05) is 0 Å². The Morgan fingerprint density at radius 2 is 2.00 bits per heavy atom. The van der Waals surface area contributed by atoms with Crippen LogP contribution in [0.4, 0.5) is 0 Å². The Kier molecular flexibility index (Phi) is 3.39. The molecule has 1 atom stereocenters. The van der Waals surface area contributed by atoms with Crippen molar-refractivity contribution >= 4 is 0 Å². The summed E-state index contributed by atoms with van der Waals surface area (Å²) in [5, 5.41) is 3.41. The number of rotatable bonds is 1. The van der Waals surface area contributed by atoms with Gasteiger partial charge in [-0.2, -0.15) is 0 Å². The van der Waals surface area contributed by atoms with Crippen molar-refractivity contribution in [1.29, 1.82) is 0 Å². The molecule has 2 nitrogen and oxygen atoms in total. The highest BCUT2D eigenvalue weighted by molar-refractivity contribution is 4.92. The van der Waals surface area contributed by atoms with Gasteiger partial charge in [0.15, 0.2) is 0 Å². The monoisotopic (exact) mass is 180 g/mol. The first kappa shape index (κ1) is 9.22. The molecule has 1 N–H and O–H groups in total. The van der Waals surface area contributed by atoms with Crippen molar-refractivity contribution in [3.8, 4) is 0 Å². The SMILES string of the molecule is C1=CCC(N2CCNCC2)CCC1. The standard InChI is InChI=1S/C11H20N2/c1-2-4-6-11(5-3-1)13-9-7-12-8-10-13/h1,3,11-12H,2,4-10H2. The van der Waals surface area contributed by atoms with E-state index in [2.05, 4.69) is 22.4 Å². The smallest absolute Gasteiger partial charge is 0.0131 e. The lowest BCUT2D eigenvalue weighted by atomic mass is 10.1. The number of hydrogen-bond acceptors (Lipinski definition) is 2. The molecular formula is C11H20N2. The minimum Gasteiger partial charge on any atom is -0.314 e. The minimum absolute atomic E-state index is 0.834. The van der Waals surface area contributed by atoms with Gasteiger partial charge in [0.1, 0.15) is 0 Å². The largest absolute Gasteiger partial charge is 0.314 e. The zero-order valence-electron chi connectivity index (χ0n) is 8.34. The second-order valence-corrected chi connectivity index (χ2v) is 4.08. The van der Waals surface area contributed by atoms with Gasteiger partial charge in [-0.3, -0.25) is 4.90 Å². The van der Waals surface area contributed by atoms with Gasteiger partial charge >= 0.3 is 0 Å². The Bertz CT molecular complexity index is 171. The zero-order chi connectivity index (χ0) is 8.93. The first-order chi connectivity index (χ1) is 6.47. The lowest BCUT2D eigenvalue weighted by molar-refractivity contribution is 0.165. The van der Waals surface area contributed by atoms with Crippen molar-refractivity contribution in [2.24, 2.45) is 0 Å². The molecule has 0 aromatic heterocycles. The summed E-state index contributed by atoms with van der Waals surface area (Å²) >= 11 is 0. The molecule has 1 heterocycles. The van der Waals surface area contributed by atoms with Gasteiger partial charge < -0.3 is 5.32 Å². The summed E-state index contributed by atoms with van der Waals surface area (Å²) in [5.41, 5.74) is 0. The fourth-order valence-corrected chi connectivity index (χ4v) is 2.34. The third-order valence-electron chi connectivity index (χ3n) is 3.15. The fraction of sp³-hybridized carbons (Fsp3) is 0.818. The van der Waals surface area contributed by atoms with E-state index in [9.17, 15) is 0 Å². The summed E-state index contributed by atoms with van der Waals surface area (Å²) in [7, 11) is 0. The maximum atomic E-state index is 3.41. The average Bonchev–Trinajstić information content (AvgIpc) is 2.47. The van der Waals surface area contributed by atoms with Crippen LogP contribution in [0, 0.1) is 0 Å². The predicted molar refractivity (Wildman–Crippen MR) is 55.8 cm³/mol. The molecule has 1 fully saturated rings. The molecule has 0 aromatic rings. The van der Waals surface area contributed by atoms with Crippen LogP contribution in [-0.2, 0) is 0 Å². The maximum absolute atomic E-state index is 3.41. The van der Waals surface area contributed by atoms with E-state index in [1.165, 1.54) is 51.9 Å². The van der Waals surface area contributed by atoms with Gasteiger partial charge in [0.05, 0.1) is 0 Å². The van der Waals surface area contributed by atoms with Crippen molar-refractivity contribution in [1.82, 2.24) is 10.2 Å². The van der Waals surface area contributed by atoms with Crippen LogP contribution in [0.15, 0.2) is 12.2 Å². The first-order valence-corrected chi connectivity index (χ1v) is 5.56. The van der Waals surface area contributed by atoms with Crippen LogP contribution in [0.2, 0.25) is 0 Å². The van der Waals surface area contributed by atoms with E-state index in [1.54, 1.807) is 0 Å². The second kappa shape index (κ2) is 4.77. The number of nitrogens with one attached hydrogen (secondary N) is 1. The molecule has 13 heavy (non-hydrogen) atoms. The highest BCUT2D eigenvalue weighted by atomic mass is 15.2. The molecule has 1 aliphatic carbocycles. The Morgan fingerprint density at radius 1 is 1.15 bits per heavy atom. The quantitative estimate of drug-likeness (QED) is 0.613. The van der Waals surface area contributed by atoms with E-state index in [0.717, 1.165) is 6.04 Å². The van der Waals surface area contributed by atoms with E-state index in [0.29, 0.717) is 0 Å². The zero-order valence-corrected chi connectivity index (χ0v) is 8.34. The molecule has 0 bridgehead atoms. The van der Waals surface area contributed by atoms with E-state index in [4.69, 9.17) is 0 Å². The third kappa shape index (κ3) is 2.55. The summed E-state index contributed by atoms with van der Waals surface area (Å²) in [5.74, 6) is 0. The molecule has 2 rings (SSSR count). The topological polar surface area (TPSA) is 15.3 Å². The molecule has 2 aliphatic rings. The molecule has 0 spiro atoms. The normalized spacial score (nSPS) is 31.5. The Hall–Kier alpha value is -0.340. The minimum atomic E-state index is 0.834. The lowest BCUT2D eigenvalue weighted by Crippen LogP contribution is -2.48. The summed E-state index contributed by atoms with van der Waals surface area (Å²) < 4.78 is 0. The molecule has 0 aromatic carbocycles. The van der Waals surface area contributed by atoms with Gasteiger partial charge in [-0.1, -0.05) is 12.2 Å². The molecule has 2 heteroatoms. The Balaban J connectivity index is 1.86. The van der Waals surface area contributed by atoms with Crippen molar-refractivity contribution in [3.63, 3.8) is 0 Å². The molecular weight excluding hydrogens is 160 g/mol.